The molecule has 232 valence electrons. The summed E-state index contributed by atoms with van der Waals surface area (Å²) in [7, 11) is 0. The molecule has 3 N–H and O–H groups in total. The van der Waals surface area contributed by atoms with Crippen molar-refractivity contribution in [1.29, 1.82) is 0 Å². The van der Waals surface area contributed by atoms with Crippen molar-refractivity contribution in [3.05, 3.63) is 83.5 Å². The minimum absolute atomic E-state index is 0.0808. The second-order valence-corrected chi connectivity index (χ2v) is 11.5. The third-order valence-electron chi connectivity index (χ3n) is 7.39. The minimum atomic E-state index is 0.0808. The molecule has 0 radical (unpaired) electrons. The molecule has 11 heteroatoms. The third-order valence-corrected chi connectivity index (χ3v) is 8.45. The van der Waals surface area contributed by atoms with Crippen LogP contribution in [0.15, 0.2) is 78.2 Å². The number of unbranched alkanes of at least 4 members (excludes halogenated alkanes) is 2. The molecule has 0 aliphatic carbocycles. The zero-order valence-corrected chi connectivity index (χ0v) is 25.9. The Morgan fingerprint density at radius 3 is 2.20 bits per heavy atom. The molecule has 2 aromatic carbocycles. The molecular weight excluding hydrogens is 576 g/mol. The monoisotopic (exact) mass is 616 g/mol. The molecule has 0 atom stereocenters. The highest BCUT2D eigenvalue weighted by atomic mass is 32.1. The predicted molar refractivity (Wildman–Crippen MR) is 174 cm³/mol. The number of morpholine rings is 1. The molecule has 44 heavy (non-hydrogen) atoms. The summed E-state index contributed by atoms with van der Waals surface area (Å²) in [5.74, 6) is 1.70. The van der Waals surface area contributed by atoms with Gasteiger partial charge in [-0.3, -0.25) is 9.88 Å². The van der Waals surface area contributed by atoms with Crippen molar-refractivity contribution in [3.8, 4) is 22.8 Å². The second kappa shape index (κ2) is 16.0. The molecular formula is C33H40N6O4S. The number of nitrogens with zero attached hydrogens (tertiary/aromatic N) is 5. The van der Waals surface area contributed by atoms with E-state index >= 15 is 0 Å². The number of oxime groups is 1. The Bertz CT molecular complexity index is 1460. The van der Waals surface area contributed by atoms with E-state index in [9.17, 15) is 0 Å². The fraction of sp³-hybridized carbons (Fsp3) is 0.364. The van der Waals surface area contributed by atoms with Gasteiger partial charge in [0.2, 0.25) is 0 Å². The van der Waals surface area contributed by atoms with E-state index in [2.05, 4.69) is 39.0 Å². The van der Waals surface area contributed by atoms with E-state index in [1.165, 1.54) is 4.88 Å². The standard InChI is InChI=1S/C33H40N6O4S/c1-2-39(27-14-16-35-17-15-27)33-36-31(30(44-33)24-38-18-22-41-23-19-38)25-6-10-28(11-7-25)42-20-4-3-5-21-43-29-12-8-26(9-13-29)32(34)37-40/h6-17,40H,2-5,18-24H2,1H3,(H2,34,37). The number of thiazole rings is 1. The molecule has 1 aliphatic heterocycles. The molecule has 4 aromatic rings. The average molecular weight is 617 g/mol. The lowest BCUT2D eigenvalue weighted by Crippen LogP contribution is -2.35. The summed E-state index contributed by atoms with van der Waals surface area (Å²) in [6.07, 6.45) is 6.51. The maximum absolute atomic E-state index is 8.76. The molecule has 1 fully saturated rings. The van der Waals surface area contributed by atoms with Crippen LogP contribution < -0.4 is 20.1 Å². The Labute approximate surface area is 262 Å². The van der Waals surface area contributed by atoms with Gasteiger partial charge in [0.05, 0.1) is 32.1 Å². The molecule has 2 aromatic heterocycles. The summed E-state index contributed by atoms with van der Waals surface area (Å²) in [6.45, 7) is 8.48. The number of hydrogen-bond acceptors (Lipinski definition) is 10. The topological polar surface area (TPSA) is 119 Å². The van der Waals surface area contributed by atoms with Gasteiger partial charge < -0.3 is 30.1 Å². The van der Waals surface area contributed by atoms with Crippen LogP contribution >= 0.6 is 11.3 Å². The first-order chi connectivity index (χ1) is 21.6. The number of aromatic nitrogens is 2. The van der Waals surface area contributed by atoms with Gasteiger partial charge in [0.15, 0.2) is 11.0 Å². The molecule has 0 spiro atoms. The first-order valence-corrected chi connectivity index (χ1v) is 15.9. The van der Waals surface area contributed by atoms with Gasteiger partial charge in [-0.15, -0.1) is 0 Å². The highest BCUT2D eigenvalue weighted by Gasteiger charge is 2.21. The van der Waals surface area contributed by atoms with Gasteiger partial charge in [0.25, 0.3) is 0 Å². The number of benzene rings is 2. The van der Waals surface area contributed by atoms with Crippen LogP contribution in [0.25, 0.3) is 11.3 Å². The highest BCUT2D eigenvalue weighted by molar-refractivity contribution is 7.16. The van der Waals surface area contributed by atoms with E-state index in [4.69, 9.17) is 30.1 Å². The van der Waals surface area contributed by atoms with Crippen molar-refractivity contribution in [1.82, 2.24) is 14.9 Å². The Balaban J connectivity index is 1.14. The second-order valence-electron chi connectivity index (χ2n) is 10.4. The van der Waals surface area contributed by atoms with Crippen molar-refractivity contribution in [2.45, 2.75) is 32.7 Å². The van der Waals surface area contributed by atoms with Crippen LogP contribution in [-0.4, -0.2) is 72.0 Å². The number of rotatable bonds is 15. The third kappa shape index (κ3) is 8.46. The van der Waals surface area contributed by atoms with Crippen molar-refractivity contribution in [2.24, 2.45) is 10.9 Å². The fourth-order valence-electron chi connectivity index (χ4n) is 4.95. The summed E-state index contributed by atoms with van der Waals surface area (Å²) in [5, 5.41) is 12.8. The summed E-state index contributed by atoms with van der Waals surface area (Å²) in [5.41, 5.74) is 9.45. The highest BCUT2D eigenvalue weighted by Crippen LogP contribution is 2.37. The number of nitrogens with two attached hydrogens (primary N) is 1. The molecule has 5 rings (SSSR count). The molecule has 1 saturated heterocycles. The SMILES string of the molecule is CCN(c1ccncc1)c1nc(-c2ccc(OCCCCCOc3ccc(/C(N)=N\O)cc3)cc2)c(CN2CCOCC2)s1. The smallest absolute Gasteiger partial charge is 0.190 e. The molecule has 0 unspecified atom stereocenters. The van der Waals surface area contributed by atoms with Crippen LogP contribution in [0.4, 0.5) is 10.8 Å². The lowest BCUT2D eigenvalue weighted by Gasteiger charge is -2.26. The van der Waals surface area contributed by atoms with Gasteiger partial charge in [-0.25, -0.2) is 4.98 Å². The Morgan fingerprint density at radius 2 is 1.59 bits per heavy atom. The molecule has 1 aliphatic rings. The van der Waals surface area contributed by atoms with Gasteiger partial charge in [-0.2, -0.15) is 0 Å². The zero-order chi connectivity index (χ0) is 30.6. The van der Waals surface area contributed by atoms with Crippen LogP contribution in [0.3, 0.4) is 0 Å². The van der Waals surface area contributed by atoms with Crippen LogP contribution in [0, 0.1) is 0 Å². The van der Waals surface area contributed by atoms with Crippen molar-refractivity contribution in [3.63, 3.8) is 0 Å². The molecule has 0 amide bonds. The molecule has 3 heterocycles. The normalized spacial score (nSPS) is 14.0. The van der Waals surface area contributed by atoms with E-state index < -0.39 is 0 Å². The van der Waals surface area contributed by atoms with E-state index in [0.717, 1.165) is 92.2 Å². The first-order valence-electron chi connectivity index (χ1n) is 15.1. The van der Waals surface area contributed by atoms with Gasteiger partial charge in [0, 0.05) is 60.3 Å². The van der Waals surface area contributed by atoms with Crippen LogP contribution in [0.5, 0.6) is 11.5 Å². The zero-order valence-electron chi connectivity index (χ0n) is 25.1. The van der Waals surface area contributed by atoms with Gasteiger partial charge >= 0.3 is 0 Å². The van der Waals surface area contributed by atoms with Gasteiger partial charge in [-0.1, -0.05) is 16.5 Å². The van der Waals surface area contributed by atoms with E-state index in [1.807, 2.05) is 48.8 Å². The molecule has 0 saturated carbocycles. The van der Waals surface area contributed by atoms with Gasteiger partial charge in [-0.05, 0) is 86.8 Å². The summed E-state index contributed by atoms with van der Waals surface area (Å²) in [6, 6.07) is 19.5. The van der Waals surface area contributed by atoms with E-state index in [-0.39, 0.29) is 5.84 Å². The average Bonchev–Trinajstić information content (AvgIpc) is 3.48. The quantitative estimate of drug-likeness (QED) is 0.0552. The fourth-order valence-corrected chi connectivity index (χ4v) is 6.16. The first kappa shape index (κ1) is 31.2. The molecule has 0 bridgehead atoms. The van der Waals surface area contributed by atoms with Crippen LogP contribution in [-0.2, 0) is 11.3 Å². The maximum Gasteiger partial charge on any atom is 0.190 e. The van der Waals surface area contributed by atoms with Crippen LogP contribution in [0.1, 0.15) is 36.6 Å². The number of hydrogen-bond donors (Lipinski definition) is 2. The Hall–Kier alpha value is -4.19. The van der Waals surface area contributed by atoms with Crippen molar-refractivity contribution >= 4 is 28.0 Å². The van der Waals surface area contributed by atoms with E-state index in [0.29, 0.717) is 18.8 Å². The lowest BCUT2D eigenvalue weighted by atomic mass is 10.1. The summed E-state index contributed by atoms with van der Waals surface area (Å²) in [4.78, 5) is 15.3. The van der Waals surface area contributed by atoms with Crippen molar-refractivity contribution < 1.29 is 19.4 Å². The summed E-state index contributed by atoms with van der Waals surface area (Å²) >= 11 is 1.76. The maximum atomic E-state index is 8.76. The van der Waals surface area contributed by atoms with Crippen LogP contribution in [0.2, 0.25) is 0 Å². The minimum Gasteiger partial charge on any atom is -0.494 e. The van der Waals surface area contributed by atoms with Crippen molar-refractivity contribution in [2.75, 3.05) is 51.0 Å². The largest absolute Gasteiger partial charge is 0.494 e. The van der Waals surface area contributed by atoms with E-state index in [1.54, 1.807) is 23.5 Å². The van der Waals surface area contributed by atoms with Gasteiger partial charge in [0.1, 0.15) is 11.5 Å². The summed E-state index contributed by atoms with van der Waals surface area (Å²) < 4.78 is 17.4. The number of ether oxygens (including phenoxy) is 3. The Kier molecular flexibility index (Phi) is 11.4. The lowest BCUT2D eigenvalue weighted by molar-refractivity contribution is 0.0347. The Morgan fingerprint density at radius 1 is 0.955 bits per heavy atom. The molecule has 10 nitrogen and oxygen atoms in total. The number of amidine groups is 1. The number of pyridine rings is 1. The predicted octanol–water partition coefficient (Wildman–Crippen LogP) is 5.92. The number of anilines is 2.